The summed E-state index contributed by atoms with van der Waals surface area (Å²) in [7, 11) is 4.66. The van der Waals surface area contributed by atoms with Crippen LogP contribution in [-0.4, -0.2) is 91.5 Å². The number of ether oxygens (including phenoxy) is 4. The van der Waals surface area contributed by atoms with Gasteiger partial charge in [0.1, 0.15) is 11.3 Å². The largest absolute Gasteiger partial charge is 0.493 e. The molecule has 0 aromatic heterocycles. The van der Waals surface area contributed by atoms with Crippen molar-refractivity contribution in [2.45, 2.75) is 32.1 Å². The molecule has 0 atom stereocenters. The number of aromatic carboxylic acids is 1. The summed E-state index contributed by atoms with van der Waals surface area (Å²) >= 11 is 5.80. The number of likely N-dealkylation sites (tertiary alicyclic amines) is 1. The van der Waals surface area contributed by atoms with Gasteiger partial charge in [0, 0.05) is 24.0 Å². The van der Waals surface area contributed by atoms with E-state index in [0.717, 1.165) is 38.9 Å². The molecule has 0 unspecified atom stereocenters. The number of nitrogen functional groups attached to an aromatic ring is 1. The molecular formula is C29H36ClN2O11. The second-order valence-electron chi connectivity index (χ2n) is 9.29. The molecule has 2 aromatic carbocycles. The Kier molecular flexibility index (Phi) is 13.8. The van der Waals surface area contributed by atoms with E-state index in [9.17, 15) is 9.59 Å². The van der Waals surface area contributed by atoms with Crippen LogP contribution >= 0.6 is 11.6 Å². The Morgan fingerprint density at radius 2 is 1.53 bits per heavy atom. The zero-order valence-electron chi connectivity index (χ0n) is 24.2. The van der Waals surface area contributed by atoms with E-state index in [1.165, 1.54) is 6.07 Å². The predicted molar refractivity (Wildman–Crippen MR) is 157 cm³/mol. The van der Waals surface area contributed by atoms with Crippen LogP contribution in [0.25, 0.3) is 0 Å². The zero-order valence-corrected chi connectivity index (χ0v) is 24.9. The number of anilines is 1. The number of halogens is 1. The molecule has 235 valence electrons. The molecule has 4 rings (SSSR count). The van der Waals surface area contributed by atoms with E-state index in [1.807, 2.05) is 0 Å². The minimum absolute atomic E-state index is 0.0803. The van der Waals surface area contributed by atoms with Crippen molar-refractivity contribution in [1.82, 2.24) is 4.90 Å². The molecule has 2 aliphatic rings. The third kappa shape index (κ3) is 9.93. The molecule has 0 spiro atoms. The van der Waals surface area contributed by atoms with Crippen LogP contribution in [-0.2, 0) is 16.0 Å². The number of Topliss-reactive ketones (excluding diaryl/α,β-unsaturated/α-hetero) is 1. The molecule has 2 aliphatic heterocycles. The number of aliphatic carboxylic acids is 2. The number of carboxylic acid groups (broad SMARTS) is 3. The smallest absolute Gasteiger partial charge is 0.414 e. The van der Waals surface area contributed by atoms with Crippen LogP contribution in [0.3, 0.4) is 0 Å². The predicted octanol–water partition coefficient (Wildman–Crippen LogP) is 3.69. The molecule has 0 amide bonds. The summed E-state index contributed by atoms with van der Waals surface area (Å²) in [6.45, 7) is 3.65. The number of rotatable bonds is 9. The first-order valence-electron chi connectivity index (χ1n) is 13.2. The molecule has 2 aromatic rings. The SMILES string of the molecule is COc1cc(C(=O)CCCN2CC[CH]CC2)cc(OC)c1OC.Nc1c(Cl)cc(C(=O)O)c2c1CCO2.O=C(O)C(=O)O. The zero-order chi connectivity index (χ0) is 32.1. The molecule has 13 nitrogen and oxygen atoms in total. The third-order valence-corrected chi connectivity index (χ3v) is 6.86. The maximum atomic E-state index is 12.4. The fourth-order valence-electron chi connectivity index (χ4n) is 4.40. The molecule has 1 saturated heterocycles. The van der Waals surface area contributed by atoms with Gasteiger partial charge in [-0.3, -0.25) is 4.79 Å². The number of nitrogens with two attached hydrogens (primary N) is 1. The number of benzene rings is 2. The van der Waals surface area contributed by atoms with Crippen molar-refractivity contribution in [3.05, 3.63) is 46.3 Å². The highest BCUT2D eigenvalue weighted by molar-refractivity contribution is 6.33. The van der Waals surface area contributed by atoms with E-state index >= 15 is 0 Å². The Morgan fingerprint density at radius 1 is 0.953 bits per heavy atom. The van der Waals surface area contributed by atoms with Gasteiger partial charge in [0.05, 0.1) is 38.6 Å². The number of nitrogens with zero attached hydrogens (tertiary/aromatic N) is 1. The van der Waals surface area contributed by atoms with Gasteiger partial charge in [0.2, 0.25) is 5.75 Å². The number of hydrogen-bond acceptors (Lipinski definition) is 10. The quantitative estimate of drug-likeness (QED) is 0.179. The summed E-state index contributed by atoms with van der Waals surface area (Å²) in [6, 6.07) is 4.77. The monoisotopic (exact) mass is 623 g/mol. The maximum absolute atomic E-state index is 12.4. The standard InChI is InChI=1S/C18H26NO4.C9H8ClNO3.C2H2O4/c1-21-16-12-14(13-17(22-2)18(16)23-3)15(20)8-7-11-19-9-5-4-6-10-19;10-6-3-5(9(12)13)8-4(7(6)11)1-2-14-8;3-1(4)2(5)6/h4,12-13H,5-11H2,1-3H3;3H,1-2,11H2,(H,12,13);(H,3,4)(H,5,6). The minimum atomic E-state index is -1.82. The first-order valence-corrected chi connectivity index (χ1v) is 13.6. The van der Waals surface area contributed by atoms with E-state index in [4.69, 9.17) is 61.2 Å². The van der Waals surface area contributed by atoms with Crippen molar-refractivity contribution in [3.63, 3.8) is 0 Å². The first kappa shape index (κ1) is 35.0. The number of piperidine rings is 1. The van der Waals surface area contributed by atoms with Gasteiger partial charge in [0.25, 0.3) is 0 Å². The van der Waals surface area contributed by atoms with E-state index in [-0.39, 0.29) is 16.4 Å². The average Bonchev–Trinajstić information content (AvgIpc) is 3.49. The number of methoxy groups -OCH3 is 3. The van der Waals surface area contributed by atoms with Crippen molar-refractivity contribution in [2.24, 2.45) is 0 Å². The van der Waals surface area contributed by atoms with Crippen molar-refractivity contribution in [1.29, 1.82) is 0 Å². The van der Waals surface area contributed by atoms with Gasteiger partial charge in [0.15, 0.2) is 17.3 Å². The van der Waals surface area contributed by atoms with Crippen LogP contribution in [0.15, 0.2) is 18.2 Å². The highest BCUT2D eigenvalue weighted by Gasteiger charge is 2.25. The van der Waals surface area contributed by atoms with Crippen LogP contribution in [0, 0.1) is 6.42 Å². The van der Waals surface area contributed by atoms with Gasteiger partial charge in [-0.25, -0.2) is 14.4 Å². The number of carbonyl (C=O) groups excluding carboxylic acids is 1. The number of hydrogen-bond donors (Lipinski definition) is 4. The van der Waals surface area contributed by atoms with E-state index in [2.05, 4.69) is 11.3 Å². The summed E-state index contributed by atoms with van der Waals surface area (Å²) < 4.78 is 21.1. The second kappa shape index (κ2) is 17.0. The molecule has 14 heteroatoms. The molecule has 5 N–H and O–H groups in total. The Labute approximate surface area is 254 Å². The Hall–Kier alpha value is -4.23. The molecular weight excluding hydrogens is 588 g/mol. The highest BCUT2D eigenvalue weighted by Crippen LogP contribution is 2.39. The first-order chi connectivity index (χ1) is 20.4. The van der Waals surface area contributed by atoms with Gasteiger partial charge in [-0.05, 0) is 63.5 Å². The number of ketones is 1. The lowest BCUT2D eigenvalue weighted by Gasteiger charge is -2.25. The van der Waals surface area contributed by atoms with Crippen LogP contribution in [0.2, 0.25) is 5.02 Å². The summed E-state index contributed by atoms with van der Waals surface area (Å²) in [4.78, 5) is 43.9. The van der Waals surface area contributed by atoms with Crippen LogP contribution in [0.5, 0.6) is 23.0 Å². The van der Waals surface area contributed by atoms with Gasteiger partial charge in [-0.2, -0.15) is 0 Å². The van der Waals surface area contributed by atoms with Crippen molar-refractivity contribution in [3.8, 4) is 23.0 Å². The fraction of sp³-hybridized carbons (Fsp3) is 0.414. The Balaban J connectivity index is 0.000000272. The van der Waals surface area contributed by atoms with Crippen molar-refractivity contribution >= 4 is 41.0 Å². The molecule has 1 radical (unpaired) electrons. The molecule has 43 heavy (non-hydrogen) atoms. The molecule has 1 fully saturated rings. The molecule has 0 saturated carbocycles. The summed E-state index contributed by atoms with van der Waals surface area (Å²) in [6.07, 6.45) is 6.65. The van der Waals surface area contributed by atoms with Crippen molar-refractivity contribution < 1.29 is 53.4 Å². The number of fused-ring (bicyclic) bond motifs is 1. The summed E-state index contributed by atoms with van der Waals surface area (Å²) in [5.41, 5.74) is 7.51. The van der Waals surface area contributed by atoms with Gasteiger partial charge < -0.3 is 44.9 Å². The maximum Gasteiger partial charge on any atom is 0.414 e. The molecule has 0 bridgehead atoms. The van der Waals surface area contributed by atoms with Gasteiger partial charge >= 0.3 is 17.9 Å². The lowest BCUT2D eigenvalue weighted by molar-refractivity contribution is -0.159. The normalized spacial score (nSPS) is 13.6. The summed E-state index contributed by atoms with van der Waals surface area (Å²) in [5, 5.41) is 23.9. The van der Waals surface area contributed by atoms with Crippen LogP contribution < -0.4 is 24.7 Å². The molecule has 0 aliphatic carbocycles. The Morgan fingerprint density at radius 3 is 2.02 bits per heavy atom. The number of carbonyl (C=O) groups is 4. The average molecular weight is 624 g/mol. The topological polar surface area (TPSA) is 195 Å². The van der Waals surface area contributed by atoms with Crippen LogP contribution in [0.1, 0.15) is 52.0 Å². The lowest BCUT2D eigenvalue weighted by Crippen LogP contribution is -2.31. The Bertz CT molecular complexity index is 1270. The molecule has 2 heterocycles. The second-order valence-corrected chi connectivity index (χ2v) is 9.70. The fourth-order valence-corrected chi connectivity index (χ4v) is 4.63. The summed E-state index contributed by atoms with van der Waals surface area (Å²) in [5.74, 6) is -2.69. The van der Waals surface area contributed by atoms with E-state index in [0.29, 0.717) is 59.3 Å². The number of carboxylic acids is 3. The van der Waals surface area contributed by atoms with Gasteiger partial charge in [-0.15, -0.1) is 0 Å². The third-order valence-electron chi connectivity index (χ3n) is 6.55. The van der Waals surface area contributed by atoms with Gasteiger partial charge in [-0.1, -0.05) is 11.6 Å². The minimum Gasteiger partial charge on any atom is -0.493 e. The van der Waals surface area contributed by atoms with E-state index in [1.54, 1.807) is 33.5 Å². The highest BCUT2D eigenvalue weighted by atomic mass is 35.5. The van der Waals surface area contributed by atoms with E-state index < -0.39 is 17.9 Å². The van der Waals surface area contributed by atoms with Crippen molar-refractivity contribution in [2.75, 3.05) is 53.3 Å². The lowest BCUT2D eigenvalue weighted by atomic mass is 10.0. The van der Waals surface area contributed by atoms with Crippen LogP contribution in [0.4, 0.5) is 5.69 Å².